The summed E-state index contributed by atoms with van der Waals surface area (Å²) in [5.41, 5.74) is 1.46. The van der Waals surface area contributed by atoms with Crippen LogP contribution < -0.4 is 0 Å². The van der Waals surface area contributed by atoms with E-state index < -0.39 is 6.08 Å². The normalized spacial score (nSPS) is 10.3. The van der Waals surface area contributed by atoms with E-state index >= 15 is 0 Å². The van der Waals surface area contributed by atoms with Crippen molar-refractivity contribution in [2.45, 2.75) is 11.6 Å². The van der Waals surface area contributed by atoms with E-state index in [1.54, 1.807) is 24.4 Å². The van der Waals surface area contributed by atoms with Gasteiger partial charge in [-0.15, -0.1) is 0 Å². The summed E-state index contributed by atoms with van der Waals surface area (Å²) in [5, 5.41) is 0.513. The zero-order valence-electron chi connectivity index (χ0n) is 10.4. The van der Waals surface area contributed by atoms with Gasteiger partial charge in [-0.2, -0.15) is 8.78 Å². The molecule has 2 rings (SSSR count). The molecule has 0 radical (unpaired) electrons. The van der Waals surface area contributed by atoms with Gasteiger partial charge in [-0.05, 0) is 42.8 Å². The van der Waals surface area contributed by atoms with Gasteiger partial charge in [0.15, 0.2) is 5.16 Å². The third-order valence-electron chi connectivity index (χ3n) is 2.42. The SMILES string of the molecule is FC(F)=CCCSc1nccc(-c2ccc(F)cc2)n1. The molecule has 104 valence electrons. The Morgan fingerprint density at radius 1 is 1.15 bits per heavy atom. The Hall–Kier alpha value is -1.82. The summed E-state index contributed by atoms with van der Waals surface area (Å²) < 4.78 is 36.6. The van der Waals surface area contributed by atoms with E-state index in [4.69, 9.17) is 0 Å². The number of benzene rings is 1. The van der Waals surface area contributed by atoms with Crippen molar-refractivity contribution in [3.05, 3.63) is 54.5 Å². The molecule has 0 aliphatic carbocycles. The number of halogens is 3. The molecule has 0 atom stereocenters. The first-order valence-corrected chi connectivity index (χ1v) is 6.86. The Labute approximate surface area is 118 Å². The molecule has 2 nitrogen and oxygen atoms in total. The van der Waals surface area contributed by atoms with Gasteiger partial charge in [0, 0.05) is 17.5 Å². The monoisotopic (exact) mass is 296 g/mol. The second-order valence-electron chi connectivity index (χ2n) is 3.86. The van der Waals surface area contributed by atoms with Gasteiger partial charge in [-0.25, -0.2) is 14.4 Å². The molecule has 0 spiro atoms. The van der Waals surface area contributed by atoms with Crippen molar-refractivity contribution in [1.29, 1.82) is 0 Å². The lowest BCUT2D eigenvalue weighted by molar-refractivity contribution is 0.418. The summed E-state index contributed by atoms with van der Waals surface area (Å²) in [6, 6.07) is 7.71. The quantitative estimate of drug-likeness (QED) is 0.460. The molecule has 0 unspecified atom stereocenters. The zero-order chi connectivity index (χ0) is 14.4. The van der Waals surface area contributed by atoms with Crippen LogP contribution in [0.25, 0.3) is 11.3 Å². The number of rotatable bonds is 5. The molecule has 0 N–H and O–H groups in total. The number of aromatic nitrogens is 2. The van der Waals surface area contributed by atoms with E-state index in [-0.39, 0.29) is 12.2 Å². The summed E-state index contributed by atoms with van der Waals surface area (Å²) in [7, 11) is 0. The van der Waals surface area contributed by atoms with E-state index in [1.165, 1.54) is 23.9 Å². The molecule has 1 aromatic carbocycles. The van der Waals surface area contributed by atoms with Crippen LogP contribution in [-0.2, 0) is 0 Å². The first kappa shape index (κ1) is 14.6. The summed E-state index contributed by atoms with van der Waals surface area (Å²) in [5.74, 6) is 0.168. The van der Waals surface area contributed by atoms with E-state index in [9.17, 15) is 13.2 Å². The van der Waals surface area contributed by atoms with Crippen molar-refractivity contribution >= 4 is 11.8 Å². The second-order valence-corrected chi connectivity index (χ2v) is 4.92. The zero-order valence-corrected chi connectivity index (χ0v) is 11.2. The van der Waals surface area contributed by atoms with E-state index in [0.717, 1.165) is 11.6 Å². The highest BCUT2D eigenvalue weighted by atomic mass is 32.2. The second kappa shape index (κ2) is 7.09. The first-order chi connectivity index (χ1) is 9.65. The average molecular weight is 296 g/mol. The summed E-state index contributed by atoms with van der Waals surface area (Å²) in [6.07, 6.45) is 1.06. The van der Waals surface area contributed by atoms with Crippen molar-refractivity contribution in [1.82, 2.24) is 9.97 Å². The third kappa shape index (κ3) is 4.38. The predicted molar refractivity (Wildman–Crippen MR) is 73.1 cm³/mol. The van der Waals surface area contributed by atoms with Gasteiger partial charge in [-0.1, -0.05) is 11.8 Å². The van der Waals surface area contributed by atoms with E-state index in [2.05, 4.69) is 9.97 Å². The molecule has 0 saturated carbocycles. The highest BCUT2D eigenvalue weighted by molar-refractivity contribution is 7.99. The standard InChI is InChI=1S/C14H11F3N2S/c15-11-5-3-10(4-6-11)12-7-8-18-14(19-12)20-9-1-2-13(16)17/h2-8H,1,9H2. The number of thioether (sulfide) groups is 1. The highest BCUT2D eigenvalue weighted by Gasteiger charge is 2.03. The van der Waals surface area contributed by atoms with Crippen LogP contribution in [0.4, 0.5) is 13.2 Å². The lowest BCUT2D eigenvalue weighted by Crippen LogP contribution is -1.90. The fraction of sp³-hybridized carbons (Fsp3) is 0.143. The van der Waals surface area contributed by atoms with Crippen molar-refractivity contribution in [2.24, 2.45) is 0 Å². The Balaban J connectivity index is 2.04. The highest BCUT2D eigenvalue weighted by Crippen LogP contribution is 2.21. The third-order valence-corrected chi connectivity index (χ3v) is 3.32. The van der Waals surface area contributed by atoms with Gasteiger partial charge in [0.05, 0.1) is 5.69 Å². The minimum absolute atomic E-state index is 0.261. The Bertz CT molecular complexity index is 596. The molecule has 20 heavy (non-hydrogen) atoms. The van der Waals surface area contributed by atoms with Crippen LogP contribution in [-0.4, -0.2) is 15.7 Å². The molecule has 1 heterocycles. The predicted octanol–water partition coefficient (Wildman–Crippen LogP) is 4.55. The Morgan fingerprint density at radius 3 is 2.60 bits per heavy atom. The average Bonchev–Trinajstić information content (AvgIpc) is 2.44. The van der Waals surface area contributed by atoms with E-state index in [0.29, 0.717) is 16.6 Å². The van der Waals surface area contributed by atoms with Crippen LogP contribution >= 0.6 is 11.8 Å². The van der Waals surface area contributed by atoms with Crippen molar-refractivity contribution in [3.63, 3.8) is 0 Å². The maximum Gasteiger partial charge on any atom is 0.266 e. The maximum atomic E-state index is 12.8. The van der Waals surface area contributed by atoms with Gasteiger partial charge >= 0.3 is 0 Å². The summed E-state index contributed by atoms with van der Waals surface area (Å²) in [6.45, 7) is 0. The molecule has 0 aliphatic rings. The maximum absolute atomic E-state index is 12.8. The lowest BCUT2D eigenvalue weighted by Gasteiger charge is -2.03. The molecule has 2 aromatic rings. The topological polar surface area (TPSA) is 25.8 Å². The summed E-state index contributed by atoms with van der Waals surface area (Å²) >= 11 is 1.30. The van der Waals surface area contributed by atoms with Crippen LogP contribution in [0.1, 0.15) is 6.42 Å². The first-order valence-electron chi connectivity index (χ1n) is 5.88. The van der Waals surface area contributed by atoms with Crippen LogP contribution in [0.2, 0.25) is 0 Å². The molecule has 0 amide bonds. The van der Waals surface area contributed by atoms with Crippen molar-refractivity contribution < 1.29 is 13.2 Å². The molecule has 0 fully saturated rings. The van der Waals surface area contributed by atoms with Gasteiger partial charge in [0.1, 0.15) is 5.82 Å². The smallest absolute Gasteiger partial charge is 0.231 e. The number of hydrogen-bond donors (Lipinski definition) is 0. The van der Waals surface area contributed by atoms with Gasteiger partial charge in [-0.3, -0.25) is 0 Å². The fourth-order valence-corrected chi connectivity index (χ4v) is 2.23. The minimum atomic E-state index is -1.67. The summed E-state index contributed by atoms with van der Waals surface area (Å²) in [4.78, 5) is 8.38. The molecular formula is C14H11F3N2S. The van der Waals surface area contributed by atoms with Crippen molar-refractivity contribution in [3.8, 4) is 11.3 Å². The molecule has 0 aliphatic heterocycles. The molecule has 6 heteroatoms. The van der Waals surface area contributed by atoms with Crippen LogP contribution in [0, 0.1) is 5.82 Å². The van der Waals surface area contributed by atoms with Gasteiger partial charge < -0.3 is 0 Å². The lowest BCUT2D eigenvalue weighted by atomic mass is 10.1. The van der Waals surface area contributed by atoms with Gasteiger partial charge in [0.2, 0.25) is 0 Å². The number of nitrogens with zero attached hydrogens (tertiary/aromatic N) is 2. The van der Waals surface area contributed by atoms with Crippen LogP contribution in [0.3, 0.4) is 0 Å². The molecular weight excluding hydrogens is 285 g/mol. The van der Waals surface area contributed by atoms with Crippen LogP contribution in [0.15, 0.2) is 53.8 Å². The minimum Gasteiger partial charge on any atom is -0.231 e. The number of allylic oxidation sites excluding steroid dienone is 1. The van der Waals surface area contributed by atoms with E-state index in [1.807, 2.05) is 0 Å². The van der Waals surface area contributed by atoms with Crippen LogP contribution in [0.5, 0.6) is 0 Å². The molecule has 0 saturated heterocycles. The largest absolute Gasteiger partial charge is 0.266 e. The molecule has 1 aromatic heterocycles. The fourth-order valence-electron chi connectivity index (χ4n) is 1.51. The Kier molecular flexibility index (Phi) is 5.17. The number of hydrogen-bond acceptors (Lipinski definition) is 3. The van der Waals surface area contributed by atoms with Crippen molar-refractivity contribution in [2.75, 3.05) is 5.75 Å². The Morgan fingerprint density at radius 2 is 1.90 bits per heavy atom. The molecule has 0 bridgehead atoms. The van der Waals surface area contributed by atoms with Gasteiger partial charge in [0.25, 0.3) is 6.08 Å².